The molecular formula is C19H22N2. The van der Waals surface area contributed by atoms with Gasteiger partial charge in [0.05, 0.1) is 11.6 Å². The van der Waals surface area contributed by atoms with Crippen molar-refractivity contribution in [2.45, 2.75) is 39.2 Å². The van der Waals surface area contributed by atoms with Crippen molar-refractivity contribution in [1.29, 1.82) is 5.26 Å². The van der Waals surface area contributed by atoms with Crippen molar-refractivity contribution in [2.75, 3.05) is 5.32 Å². The Morgan fingerprint density at radius 3 is 2.29 bits per heavy atom. The number of nitrogens with one attached hydrogen (secondary N) is 1. The van der Waals surface area contributed by atoms with Crippen LogP contribution in [0.4, 0.5) is 5.69 Å². The first-order valence-electron chi connectivity index (χ1n) is 7.85. The first-order valence-corrected chi connectivity index (χ1v) is 7.85. The van der Waals surface area contributed by atoms with Crippen LogP contribution >= 0.6 is 0 Å². The lowest BCUT2D eigenvalue weighted by molar-refractivity contribution is 0.281. The molecular weight excluding hydrogens is 256 g/mol. The first-order chi connectivity index (χ1) is 10.2. The Bertz CT molecular complexity index is 674. The standard InChI is InChI=1S/C19H22N2/c1-13-9-14(2)11-16(10-13)21-19-8-7-15(12-20)17-5-3-4-6-18(17)19/h3-8,13-14,16,21H,9-11H2,1-2H3. The summed E-state index contributed by atoms with van der Waals surface area (Å²) in [5.41, 5.74) is 1.91. The van der Waals surface area contributed by atoms with Crippen LogP contribution in [-0.2, 0) is 0 Å². The summed E-state index contributed by atoms with van der Waals surface area (Å²) in [6.07, 6.45) is 3.81. The van der Waals surface area contributed by atoms with Crippen molar-refractivity contribution in [2.24, 2.45) is 11.8 Å². The summed E-state index contributed by atoms with van der Waals surface area (Å²) in [5, 5.41) is 15.2. The summed E-state index contributed by atoms with van der Waals surface area (Å²) < 4.78 is 0. The molecule has 2 atom stereocenters. The molecule has 0 bridgehead atoms. The highest BCUT2D eigenvalue weighted by Crippen LogP contribution is 2.33. The van der Waals surface area contributed by atoms with Gasteiger partial charge in [-0.2, -0.15) is 5.26 Å². The van der Waals surface area contributed by atoms with E-state index in [1.54, 1.807) is 0 Å². The fraction of sp³-hybridized carbons (Fsp3) is 0.421. The van der Waals surface area contributed by atoms with Gasteiger partial charge in [0.2, 0.25) is 0 Å². The van der Waals surface area contributed by atoms with Crippen molar-refractivity contribution in [3.05, 3.63) is 42.0 Å². The molecule has 1 fully saturated rings. The number of rotatable bonds is 2. The highest BCUT2D eigenvalue weighted by Gasteiger charge is 2.24. The van der Waals surface area contributed by atoms with Gasteiger partial charge < -0.3 is 5.32 Å². The fourth-order valence-electron chi connectivity index (χ4n) is 3.81. The van der Waals surface area contributed by atoms with Crippen LogP contribution < -0.4 is 5.32 Å². The fourth-order valence-corrected chi connectivity index (χ4v) is 3.81. The molecule has 2 unspecified atom stereocenters. The molecule has 0 heterocycles. The third-order valence-corrected chi connectivity index (χ3v) is 4.58. The van der Waals surface area contributed by atoms with Crippen LogP contribution in [0.5, 0.6) is 0 Å². The van der Waals surface area contributed by atoms with Crippen molar-refractivity contribution < 1.29 is 0 Å². The van der Waals surface area contributed by atoms with Crippen LogP contribution in [-0.4, -0.2) is 6.04 Å². The minimum Gasteiger partial charge on any atom is -0.382 e. The van der Waals surface area contributed by atoms with Gasteiger partial charge in [-0.05, 0) is 43.2 Å². The summed E-state index contributed by atoms with van der Waals surface area (Å²) in [7, 11) is 0. The topological polar surface area (TPSA) is 35.8 Å². The van der Waals surface area contributed by atoms with E-state index < -0.39 is 0 Å². The Morgan fingerprint density at radius 1 is 0.952 bits per heavy atom. The number of nitrogens with zero attached hydrogens (tertiary/aromatic N) is 1. The van der Waals surface area contributed by atoms with Gasteiger partial charge in [0.25, 0.3) is 0 Å². The summed E-state index contributed by atoms with van der Waals surface area (Å²) in [6, 6.07) is 15.0. The predicted octanol–water partition coefficient (Wildman–Crippen LogP) is 4.95. The van der Waals surface area contributed by atoms with E-state index >= 15 is 0 Å². The molecule has 21 heavy (non-hydrogen) atoms. The summed E-state index contributed by atoms with van der Waals surface area (Å²) in [6.45, 7) is 4.70. The van der Waals surface area contributed by atoms with E-state index in [1.165, 1.54) is 19.3 Å². The van der Waals surface area contributed by atoms with Crippen molar-refractivity contribution in [3.63, 3.8) is 0 Å². The van der Waals surface area contributed by atoms with Crippen molar-refractivity contribution in [3.8, 4) is 6.07 Å². The van der Waals surface area contributed by atoms with Crippen LogP contribution in [0.25, 0.3) is 10.8 Å². The van der Waals surface area contributed by atoms with E-state index in [2.05, 4.69) is 37.4 Å². The molecule has 0 saturated heterocycles. The van der Waals surface area contributed by atoms with E-state index in [1.807, 2.05) is 24.3 Å². The van der Waals surface area contributed by atoms with Gasteiger partial charge in [-0.1, -0.05) is 38.1 Å². The largest absolute Gasteiger partial charge is 0.382 e. The zero-order chi connectivity index (χ0) is 14.8. The lowest BCUT2D eigenvalue weighted by Gasteiger charge is -2.33. The van der Waals surface area contributed by atoms with E-state index in [0.29, 0.717) is 6.04 Å². The van der Waals surface area contributed by atoms with Gasteiger partial charge in [-0.25, -0.2) is 0 Å². The Hall–Kier alpha value is -2.01. The number of benzene rings is 2. The maximum atomic E-state index is 9.25. The zero-order valence-electron chi connectivity index (χ0n) is 12.8. The highest BCUT2D eigenvalue weighted by atomic mass is 14.9. The summed E-state index contributed by atoms with van der Waals surface area (Å²) in [5.74, 6) is 1.58. The van der Waals surface area contributed by atoms with Crippen LogP contribution in [0.3, 0.4) is 0 Å². The van der Waals surface area contributed by atoms with Crippen molar-refractivity contribution >= 4 is 16.5 Å². The molecule has 0 amide bonds. The molecule has 2 aromatic carbocycles. The molecule has 0 spiro atoms. The Kier molecular flexibility index (Phi) is 3.84. The molecule has 2 aromatic rings. The number of hydrogen-bond acceptors (Lipinski definition) is 2. The number of nitriles is 1. The molecule has 2 heteroatoms. The average molecular weight is 278 g/mol. The van der Waals surface area contributed by atoms with E-state index in [9.17, 15) is 5.26 Å². The van der Waals surface area contributed by atoms with Gasteiger partial charge >= 0.3 is 0 Å². The maximum Gasteiger partial charge on any atom is 0.0998 e. The van der Waals surface area contributed by atoms with Crippen LogP contribution in [0.15, 0.2) is 36.4 Å². The molecule has 0 aromatic heterocycles. The average Bonchev–Trinajstić information content (AvgIpc) is 2.46. The number of anilines is 1. The predicted molar refractivity (Wildman–Crippen MR) is 88.3 cm³/mol. The minimum atomic E-state index is 0.542. The molecule has 1 aliphatic carbocycles. The highest BCUT2D eigenvalue weighted by molar-refractivity contribution is 5.97. The van der Waals surface area contributed by atoms with Gasteiger partial charge in [-0.15, -0.1) is 0 Å². The second-order valence-electron chi connectivity index (χ2n) is 6.58. The van der Waals surface area contributed by atoms with E-state index in [0.717, 1.165) is 33.9 Å². The quantitative estimate of drug-likeness (QED) is 0.843. The third-order valence-electron chi connectivity index (χ3n) is 4.58. The lowest BCUT2D eigenvalue weighted by Crippen LogP contribution is -2.30. The smallest absolute Gasteiger partial charge is 0.0998 e. The number of hydrogen-bond donors (Lipinski definition) is 1. The minimum absolute atomic E-state index is 0.542. The molecule has 108 valence electrons. The van der Waals surface area contributed by atoms with Gasteiger partial charge in [0.15, 0.2) is 0 Å². The SMILES string of the molecule is CC1CC(C)CC(Nc2ccc(C#N)c3ccccc23)C1. The van der Waals surface area contributed by atoms with Crippen LogP contribution in [0.1, 0.15) is 38.7 Å². The zero-order valence-corrected chi connectivity index (χ0v) is 12.8. The Labute approximate surface area is 126 Å². The molecule has 3 rings (SSSR count). The van der Waals surface area contributed by atoms with E-state index in [4.69, 9.17) is 0 Å². The maximum absolute atomic E-state index is 9.25. The second-order valence-corrected chi connectivity index (χ2v) is 6.58. The van der Waals surface area contributed by atoms with E-state index in [-0.39, 0.29) is 0 Å². The lowest BCUT2D eigenvalue weighted by atomic mass is 9.80. The summed E-state index contributed by atoms with van der Waals surface area (Å²) >= 11 is 0. The van der Waals surface area contributed by atoms with Gasteiger partial charge in [-0.3, -0.25) is 0 Å². The van der Waals surface area contributed by atoms with Crippen LogP contribution in [0, 0.1) is 23.2 Å². The molecule has 1 N–H and O–H groups in total. The van der Waals surface area contributed by atoms with Gasteiger partial charge in [0, 0.05) is 22.5 Å². The second kappa shape index (κ2) is 5.77. The summed E-state index contributed by atoms with van der Waals surface area (Å²) in [4.78, 5) is 0. The van der Waals surface area contributed by atoms with Crippen molar-refractivity contribution in [1.82, 2.24) is 0 Å². The third kappa shape index (κ3) is 2.88. The number of fused-ring (bicyclic) bond motifs is 1. The Morgan fingerprint density at radius 2 is 1.62 bits per heavy atom. The molecule has 0 aliphatic heterocycles. The monoisotopic (exact) mass is 278 g/mol. The first kappa shape index (κ1) is 13.9. The molecule has 2 nitrogen and oxygen atoms in total. The normalized spacial score (nSPS) is 25.5. The Balaban J connectivity index is 1.93. The molecule has 1 saturated carbocycles. The molecule has 1 aliphatic rings. The molecule has 0 radical (unpaired) electrons. The van der Waals surface area contributed by atoms with Gasteiger partial charge in [0.1, 0.15) is 0 Å². The van der Waals surface area contributed by atoms with Crippen LogP contribution in [0.2, 0.25) is 0 Å².